The molecule has 3 aliphatic rings. The van der Waals surface area contributed by atoms with Crippen LogP contribution in [0, 0.1) is 11.8 Å². The molecule has 0 radical (unpaired) electrons. The Balaban J connectivity index is 1.69. The molecule has 0 aliphatic carbocycles. The predicted octanol–water partition coefficient (Wildman–Crippen LogP) is -1.40. The smallest absolute Gasteiger partial charge is 0.326 e. The molecule has 0 aromatic carbocycles. The molecule has 21 heteroatoms. The maximum atomic E-state index is 14.1. The lowest BCUT2D eigenvalue weighted by atomic mass is 10.0. The van der Waals surface area contributed by atoms with Crippen LogP contribution in [0.4, 0.5) is 0 Å². The summed E-state index contributed by atoms with van der Waals surface area (Å²) >= 11 is 4.32. The number of carbonyl (C=O) groups excluding carboxylic acids is 8. The molecule has 3 fully saturated rings. The second-order valence-electron chi connectivity index (χ2n) is 17.4. The minimum Gasteiger partial charge on any atom is -0.480 e. The van der Waals surface area contributed by atoms with Crippen molar-refractivity contribution >= 4 is 65.9 Å². The summed E-state index contributed by atoms with van der Waals surface area (Å²) in [7, 11) is 0. The highest BCUT2D eigenvalue weighted by atomic mass is 32.1. The number of aliphatic carboxylic acids is 1. The summed E-state index contributed by atoms with van der Waals surface area (Å²) < 4.78 is 0. The second kappa shape index (κ2) is 24.4. The highest BCUT2D eigenvalue weighted by Crippen LogP contribution is 2.24. The van der Waals surface area contributed by atoms with Gasteiger partial charge in [0.25, 0.3) is 0 Å². The molecule has 0 aromatic heterocycles. The van der Waals surface area contributed by atoms with Crippen LogP contribution in [0.5, 0.6) is 0 Å². The molecule has 3 heterocycles. The Bertz CT molecular complexity index is 1630. The lowest BCUT2D eigenvalue weighted by Gasteiger charge is -2.33. The predicted molar refractivity (Wildman–Crippen MR) is 232 cm³/mol. The maximum Gasteiger partial charge on any atom is 0.326 e. The average Bonchev–Trinajstić information content (AvgIpc) is 4.02. The molecule has 20 nitrogen and oxygen atoms in total. The molecule has 0 saturated carbocycles. The van der Waals surface area contributed by atoms with E-state index in [9.17, 15) is 48.3 Å². The van der Waals surface area contributed by atoms with Crippen molar-refractivity contribution in [1.29, 1.82) is 0 Å². The van der Waals surface area contributed by atoms with E-state index in [1.165, 1.54) is 28.5 Å². The minimum absolute atomic E-state index is 0.0336. The number of thiol groups is 1. The summed E-state index contributed by atoms with van der Waals surface area (Å²) in [6.45, 7) is 11.3. The largest absolute Gasteiger partial charge is 0.480 e. The molecule has 3 rings (SSSR count). The zero-order valence-corrected chi connectivity index (χ0v) is 37.9. The van der Waals surface area contributed by atoms with Crippen LogP contribution >= 0.6 is 12.6 Å². The van der Waals surface area contributed by atoms with Crippen LogP contribution in [-0.2, 0) is 43.2 Å². The van der Waals surface area contributed by atoms with Crippen molar-refractivity contribution in [2.75, 3.05) is 31.9 Å². The van der Waals surface area contributed by atoms with Gasteiger partial charge in [-0.2, -0.15) is 12.6 Å². The zero-order chi connectivity index (χ0) is 46.4. The van der Waals surface area contributed by atoms with E-state index < -0.39 is 114 Å². The van der Waals surface area contributed by atoms with Gasteiger partial charge in [-0.25, -0.2) is 4.79 Å². The van der Waals surface area contributed by atoms with Crippen LogP contribution in [0.25, 0.3) is 0 Å². The molecule has 350 valence electrons. The third-order valence-electron chi connectivity index (χ3n) is 11.6. The summed E-state index contributed by atoms with van der Waals surface area (Å²) in [6.07, 6.45) is 4.13. The molecule has 0 aromatic rings. The van der Waals surface area contributed by atoms with Crippen molar-refractivity contribution in [2.24, 2.45) is 23.3 Å². The number of unbranched alkanes of at least 4 members (excludes halogenated alkanes) is 1. The number of rotatable bonds is 22. The van der Waals surface area contributed by atoms with E-state index in [-0.39, 0.29) is 44.1 Å². The van der Waals surface area contributed by atoms with Crippen molar-refractivity contribution in [3.8, 4) is 0 Å². The van der Waals surface area contributed by atoms with Gasteiger partial charge in [-0.05, 0) is 96.4 Å². The van der Waals surface area contributed by atoms with E-state index in [1.807, 2.05) is 13.8 Å². The molecule has 3 aliphatic heterocycles. The molecule has 3 saturated heterocycles. The molecule has 10 N–H and O–H groups in total. The van der Waals surface area contributed by atoms with Crippen molar-refractivity contribution in [3.05, 3.63) is 0 Å². The summed E-state index contributed by atoms with van der Waals surface area (Å²) in [5.74, 6) is -6.24. The van der Waals surface area contributed by atoms with Crippen LogP contribution in [-0.4, -0.2) is 159 Å². The van der Waals surface area contributed by atoms with Gasteiger partial charge in [0.05, 0.1) is 6.04 Å². The normalized spacial score (nSPS) is 21.7. The Kier molecular flexibility index (Phi) is 20.4. The van der Waals surface area contributed by atoms with Gasteiger partial charge < -0.3 is 57.9 Å². The number of carbonyl (C=O) groups is 9. The number of carboxylic acid groups (broad SMARTS) is 1. The number of hydrogen-bond donors (Lipinski definition) is 9. The number of hydrogen-bond acceptors (Lipinski definition) is 12. The number of nitrogens with zero attached hydrogens (tertiary/aromatic N) is 3. The van der Waals surface area contributed by atoms with Gasteiger partial charge in [0, 0.05) is 25.4 Å². The number of likely N-dealkylation sites (tertiary alicyclic amines) is 3. The first-order valence-electron chi connectivity index (χ1n) is 22.0. The maximum absolute atomic E-state index is 14.1. The van der Waals surface area contributed by atoms with Gasteiger partial charge in [0.2, 0.25) is 47.3 Å². The number of amides is 8. The van der Waals surface area contributed by atoms with Gasteiger partial charge in [0.1, 0.15) is 48.3 Å². The molecular weight excluding hydrogens is 825 g/mol. The molecule has 62 heavy (non-hydrogen) atoms. The van der Waals surface area contributed by atoms with E-state index >= 15 is 0 Å². The highest BCUT2D eigenvalue weighted by molar-refractivity contribution is 7.80. The fourth-order valence-corrected chi connectivity index (χ4v) is 8.41. The van der Waals surface area contributed by atoms with E-state index in [1.54, 1.807) is 13.8 Å². The van der Waals surface area contributed by atoms with Crippen LogP contribution in [0.3, 0.4) is 0 Å². The third-order valence-corrected chi connectivity index (χ3v) is 12.0. The van der Waals surface area contributed by atoms with E-state index in [0.717, 1.165) is 0 Å². The molecular formula is C41H70N10O10S. The first-order valence-corrected chi connectivity index (χ1v) is 22.6. The zero-order valence-electron chi connectivity index (χ0n) is 37.0. The van der Waals surface area contributed by atoms with Crippen molar-refractivity contribution < 1.29 is 48.3 Å². The molecule has 0 bridgehead atoms. The van der Waals surface area contributed by atoms with Crippen LogP contribution in [0.15, 0.2) is 0 Å². The molecule has 0 spiro atoms. The summed E-state index contributed by atoms with van der Waals surface area (Å²) in [5.41, 5.74) is 11.4. The Morgan fingerprint density at radius 3 is 1.63 bits per heavy atom. The van der Waals surface area contributed by atoms with Gasteiger partial charge in [0.15, 0.2) is 0 Å². The van der Waals surface area contributed by atoms with Gasteiger partial charge in [-0.1, -0.05) is 27.7 Å². The molecule has 9 atom stereocenters. The number of carboxylic acids is 1. The fourth-order valence-electron chi connectivity index (χ4n) is 8.15. The van der Waals surface area contributed by atoms with E-state index in [2.05, 4.69) is 39.2 Å². The lowest BCUT2D eigenvalue weighted by Crippen LogP contribution is -2.61. The fraction of sp³-hybridized carbons (Fsp3) is 0.780. The van der Waals surface area contributed by atoms with Crippen molar-refractivity contribution in [2.45, 2.75) is 160 Å². The SMILES string of the molecule is CC(C)C[C@H](NC(=O)[C@H](CCCCN)NC(=O)[C@H](C)N)C(=O)N1CCC[C@H]1C(=O)N[C@@H](CS)C(=O)N[C@H](C(=O)N1CCC[C@H]1C(=O)N[C@@H](C)C(=O)N1CCC[C@H]1C(=O)O)C(C)C. The van der Waals surface area contributed by atoms with E-state index in [4.69, 9.17) is 11.5 Å². The third kappa shape index (κ3) is 14.0. The van der Waals surface area contributed by atoms with Crippen LogP contribution in [0.2, 0.25) is 0 Å². The van der Waals surface area contributed by atoms with Crippen LogP contribution < -0.4 is 38.1 Å². The quantitative estimate of drug-likeness (QED) is 0.0448. The van der Waals surface area contributed by atoms with Gasteiger partial charge >= 0.3 is 5.97 Å². The van der Waals surface area contributed by atoms with E-state index in [0.29, 0.717) is 57.9 Å². The molecule has 8 amide bonds. The van der Waals surface area contributed by atoms with Crippen LogP contribution in [0.1, 0.15) is 106 Å². The average molecular weight is 895 g/mol. The van der Waals surface area contributed by atoms with Crippen molar-refractivity contribution in [1.82, 2.24) is 41.3 Å². The highest BCUT2D eigenvalue weighted by Gasteiger charge is 2.43. The summed E-state index contributed by atoms with van der Waals surface area (Å²) in [4.78, 5) is 124. The topological polar surface area (TPSA) is 296 Å². The Morgan fingerprint density at radius 1 is 0.629 bits per heavy atom. The monoisotopic (exact) mass is 894 g/mol. The van der Waals surface area contributed by atoms with Crippen molar-refractivity contribution in [3.63, 3.8) is 0 Å². The van der Waals surface area contributed by atoms with Gasteiger partial charge in [-0.15, -0.1) is 0 Å². The number of nitrogens with two attached hydrogens (primary N) is 2. The summed E-state index contributed by atoms with van der Waals surface area (Å²) in [5, 5.41) is 23.1. The second-order valence-corrected chi connectivity index (χ2v) is 17.8. The Morgan fingerprint density at radius 2 is 1.13 bits per heavy atom. The Hall–Kier alpha value is -4.50. The standard InChI is InChI=1S/C41H70N10O10S/c1-22(2)20-27(46-34(53)26(12-7-8-16-42)45-33(52)24(5)43)39(58)49-17-9-14-30(49)37(56)47-28(21-62)35(54)48-32(23(3)4)40(59)50-18-10-13-29(50)36(55)44-25(6)38(57)51-19-11-15-31(51)41(60)61/h22-32,62H,7-21,42-43H2,1-6H3,(H,44,55)(H,45,52)(H,46,53)(H,47,56)(H,48,54)(H,60,61)/t24-,25-,26-,27-,28-,29-,30-,31-,32-/m0/s1. The Labute approximate surface area is 369 Å². The summed E-state index contributed by atoms with van der Waals surface area (Å²) in [6, 6.07) is -9.05. The number of nitrogens with one attached hydrogen (secondary N) is 5. The first kappa shape index (κ1) is 51.8. The molecule has 0 unspecified atom stereocenters. The lowest BCUT2D eigenvalue weighted by molar-refractivity contribution is -0.149. The first-order chi connectivity index (χ1) is 29.2. The minimum atomic E-state index is -1.21. The van der Waals surface area contributed by atoms with Gasteiger partial charge in [-0.3, -0.25) is 38.4 Å².